The van der Waals surface area contributed by atoms with E-state index in [2.05, 4.69) is 56.0 Å². The number of hydrogen-bond donors (Lipinski definition) is 0. The quantitative estimate of drug-likeness (QED) is 0.306. The number of unbranched alkanes of at least 4 members (excludes halogenated alkanes) is 9. The van der Waals surface area contributed by atoms with Gasteiger partial charge in [0.1, 0.15) is 5.75 Å². The van der Waals surface area contributed by atoms with Crippen LogP contribution in [-0.2, 0) is 0 Å². The molecule has 0 amide bonds. The summed E-state index contributed by atoms with van der Waals surface area (Å²) in [6, 6.07) is 16.8. The Labute approximate surface area is 166 Å². The molecule has 0 N–H and O–H groups in total. The topological polar surface area (TPSA) is 9.23 Å². The maximum absolute atomic E-state index is 5.91. The van der Waals surface area contributed by atoms with Crippen LogP contribution in [0.1, 0.15) is 76.7 Å². The van der Waals surface area contributed by atoms with Gasteiger partial charge < -0.3 is 4.74 Å². The lowest BCUT2D eigenvalue weighted by Crippen LogP contribution is -1.97. The molecule has 0 aliphatic carbocycles. The summed E-state index contributed by atoms with van der Waals surface area (Å²) in [6.45, 7) is 7.00. The van der Waals surface area contributed by atoms with Gasteiger partial charge in [-0.05, 0) is 35.2 Å². The molecule has 2 rings (SSSR count). The maximum atomic E-state index is 5.91. The molecule has 2 aromatic carbocycles. The van der Waals surface area contributed by atoms with Gasteiger partial charge in [-0.1, -0.05) is 114 Å². The Bertz CT molecular complexity index is 642. The molecular weight excluding hydrogens is 328 g/mol. The van der Waals surface area contributed by atoms with E-state index < -0.39 is 0 Å². The molecule has 0 spiro atoms. The fourth-order valence-electron chi connectivity index (χ4n) is 3.45. The average Bonchev–Trinajstić information content (AvgIpc) is 2.72. The van der Waals surface area contributed by atoms with Crippen molar-refractivity contribution in [2.45, 2.75) is 71.1 Å². The second-order valence-corrected chi connectivity index (χ2v) is 7.35. The number of rotatable bonds is 14. The zero-order valence-electron chi connectivity index (χ0n) is 17.1. The van der Waals surface area contributed by atoms with Gasteiger partial charge in [0.25, 0.3) is 0 Å². The number of ether oxygens (including phenoxy) is 1. The van der Waals surface area contributed by atoms with Crippen LogP contribution in [0.5, 0.6) is 5.75 Å². The summed E-state index contributed by atoms with van der Waals surface area (Å²) in [5.74, 6) is 0.964. The van der Waals surface area contributed by atoms with Gasteiger partial charge in [-0.3, -0.25) is 0 Å². The molecule has 0 saturated carbocycles. The fourth-order valence-corrected chi connectivity index (χ4v) is 3.45. The molecule has 146 valence electrons. The molecular formula is C26H36O. The first-order chi connectivity index (χ1) is 13.3. The van der Waals surface area contributed by atoms with Gasteiger partial charge in [0.15, 0.2) is 0 Å². The van der Waals surface area contributed by atoms with Gasteiger partial charge in [0, 0.05) is 0 Å². The third kappa shape index (κ3) is 8.03. The normalized spacial score (nSPS) is 10.7. The molecule has 0 aliphatic rings. The smallest absolute Gasteiger partial charge is 0.119 e. The molecule has 0 atom stereocenters. The van der Waals surface area contributed by atoms with Crippen LogP contribution in [0.4, 0.5) is 0 Å². The van der Waals surface area contributed by atoms with E-state index >= 15 is 0 Å². The monoisotopic (exact) mass is 364 g/mol. The lowest BCUT2D eigenvalue weighted by molar-refractivity contribution is 0.304. The Kier molecular flexibility index (Phi) is 10.4. The van der Waals surface area contributed by atoms with Crippen LogP contribution in [0, 0.1) is 0 Å². The van der Waals surface area contributed by atoms with Crippen LogP contribution in [0.2, 0.25) is 0 Å². The fraction of sp³-hybridized carbons (Fsp3) is 0.462. The molecule has 0 unspecified atom stereocenters. The van der Waals surface area contributed by atoms with Crippen LogP contribution in [0.3, 0.4) is 0 Å². The van der Waals surface area contributed by atoms with Gasteiger partial charge in [-0.25, -0.2) is 0 Å². The minimum Gasteiger partial charge on any atom is -0.494 e. The highest BCUT2D eigenvalue weighted by atomic mass is 16.5. The Balaban J connectivity index is 1.60. The second-order valence-electron chi connectivity index (χ2n) is 7.35. The van der Waals surface area contributed by atoms with E-state index in [1.807, 2.05) is 12.1 Å². The van der Waals surface area contributed by atoms with Crippen molar-refractivity contribution in [1.29, 1.82) is 0 Å². The highest BCUT2D eigenvalue weighted by Gasteiger charge is 2.02. The minimum absolute atomic E-state index is 0.819. The predicted octanol–water partition coefficient (Wildman–Crippen LogP) is 8.30. The van der Waals surface area contributed by atoms with E-state index in [0.29, 0.717) is 0 Å². The van der Waals surface area contributed by atoms with Crippen molar-refractivity contribution in [3.05, 3.63) is 60.7 Å². The van der Waals surface area contributed by atoms with Crippen molar-refractivity contribution in [3.63, 3.8) is 0 Å². The van der Waals surface area contributed by atoms with Gasteiger partial charge >= 0.3 is 0 Å². The van der Waals surface area contributed by atoms with Crippen LogP contribution in [-0.4, -0.2) is 6.61 Å². The average molecular weight is 365 g/mol. The van der Waals surface area contributed by atoms with Crippen LogP contribution < -0.4 is 4.74 Å². The molecule has 0 fully saturated rings. The second kappa shape index (κ2) is 13.2. The predicted molar refractivity (Wildman–Crippen MR) is 119 cm³/mol. The van der Waals surface area contributed by atoms with E-state index in [9.17, 15) is 0 Å². The molecule has 27 heavy (non-hydrogen) atoms. The van der Waals surface area contributed by atoms with E-state index in [0.717, 1.165) is 24.3 Å². The Morgan fingerprint density at radius 3 is 1.96 bits per heavy atom. The van der Waals surface area contributed by atoms with Crippen LogP contribution >= 0.6 is 0 Å². The highest BCUT2D eigenvalue weighted by Crippen LogP contribution is 2.26. The highest BCUT2D eigenvalue weighted by molar-refractivity contribution is 5.74. The summed E-state index contributed by atoms with van der Waals surface area (Å²) in [6.07, 6.45) is 15.5. The maximum Gasteiger partial charge on any atom is 0.119 e. The van der Waals surface area contributed by atoms with E-state index in [1.165, 1.54) is 68.9 Å². The first kappa shape index (κ1) is 21.3. The summed E-state index contributed by atoms with van der Waals surface area (Å²) >= 11 is 0. The van der Waals surface area contributed by atoms with Crippen LogP contribution in [0.15, 0.2) is 55.1 Å². The largest absolute Gasteiger partial charge is 0.494 e. The summed E-state index contributed by atoms with van der Waals surface area (Å²) in [5.41, 5.74) is 3.59. The van der Waals surface area contributed by atoms with Crippen molar-refractivity contribution in [2.24, 2.45) is 0 Å². The first-order valence-corrected chi connectivity index (χ1v) is 10.8. The van der Waals surface area contributed by atoms with E-state index in [-0.39, 0.29) is 0 Å². The van der Waals surface area contributed by atoms with Gasteiger partial charge in [-0.15, -0.1) is 0 Å². The van der Waals surface area contributed by atoms with Crippen LogP contribution in [0.25, 0.3) is 17.2 Å². The molecule has 0 aromatic heterocycles. The number of benzene rings is 2. The van der Waals surface area contributed by atoms with Crippen molar-refractivity contribution in [2.75, 3.05) is 6.61 Å². The molecule has 0 radical (unpaired) electrons. The summed E-state index contributed by atoms with van der Waals surface area (Å²) in [7, 11) is 0. The Morgan fingerprint density at radius 2 is 1.33 bits per heavy atom. The number of hydrogen-bond acceptors (Lipinski definition) is 1. The van der Waals surface area contributed by atoms with Crippen molar-refractivity contribution >= 4 is 6.08 Å². The summed E-state index contributed by atoms with van der Waals surface area (Å²) in [5, 5.41) is 0. The van der Waals surface area contributed by atoms with E-state index in [4.69, 9.17) is 4.74 Å². The Hall–Kier alpha value is -2.02. The lowest BCUT2D eigenvalue weighted by atomic mass is 10.00. The minimum atomic E-state index is 0.819. The zero-order valence-corrected chi connectivity index (χ0v) is 17.1. The SMILES string of the molecule is C=Cc1ccccc1-c1ccc(OCCCCCCCCCCCC)cc1. The molecule has 1 heteroatoms. The molecule has 1 nitrogen and oxygen atoms in total. The van der Waals surface area contributed by atoms with Gasteiger partial charge in [-0.2, -0.15) is 0 Å². The van der Waals surface area contributed by atoms with Crippen molar-refractivity contribution in [3.8, 4) is 16.9 Å². The molecule has 0 heterocycles. The standard InChI is InChI=1S/C26H36O/c1-3-5-6-7-8-9-10-11-12-15-22-27-25-20-18-24(19-21-25)26-17-14-13-16-23(26)4-2/h4,13-14,16-21H,2-3,5-12,15,22H2,1H3. The Morgan fingerprint density at radius 1 is 0.741 bits per heavy atom. The molecule has 0 bridgehead atoms. The summed E-state index contributed by atoms with van der Waals surface area (Å²) < 4.78 is 5.91. The molecule has 0 aliphatic heterocycles. The zero-order chi connectivity index (χ0) is 19.2. The molecule has 2 aromatic rings. The third-order valence-electron chi connectivity index (χ3n) is 5.11. The van der Waals surface area contributed by atoms with Crippen molar-refractivity contribution in [1.82, 2.24) is 0 Å². The van der Waals surface area contributed by atoms with Gasteiger partial charge in [0.05, 0.1) is 6.61 Å². The third-order valence-corrected chi connectivity index (χ3v) is 5.11. The van der Waals surface area contributed by atoms with Gasteiger partial charge in [0.2, 0.25) is 0 Å². The van der Waals surface area contributed by atoms with Crippen molar-refractivity contribution < 1.29 is 4.74 Å². The molecule has 0 saturated heterocycles. The first-order valence-electron chi connectivity index (χ1n) is 10.8. The lowest BCUT2D eigenvalue weighted by Gasteiger charge is -2.09. The summed E-state index contributed by atoms with van der Waals surface area (Å²) in [4.78, 5) is 0. The van der Waals surface area contributed by atoms with E-state index in [1.54, 1.807) is 0 Å².